The van der Waals surface area contributed by atoms with E-state index in [0.29, 0.717) is 5.11 Å². The van der Waals surface area contributed by atoms with E-state index >= 15 is 0 Å². The van der Waals surface area contributed by atoms with E-state index < -0.39 is 0 Å². The molecule has 2 heterocycles. The Morgan fingerprint density at radius 2 is 2.35 bits per heavy atom. The molecular formula is C14H21N3OS2. The van der Waals surface area contributed by atoms with Gasteiger partial charge >= 0.3 is 0 Å². The highest BCUT2D eigenvalue weighted by atomic mass is 32.1. The molecule has 0 aromatic carbocycles. The Hall–Kier alpha value is -0.980. The van der Waals surface area contributed by atoms with Gasteiger partial charge in [0.2, 0.25) is 0 Å². The van der Waals surface area contributed by atoms with Crippen molar-refractivity contribution >= 4 is 34.4 Å². The van der Waals surface area contributed by atoms with E-state index in [2.05, 4.69) is 35.8 Å². The predicted octanol–water partition coefficient (Wildman–Crippen LogP) is 2.73. The number of hydrogen-bond donors (Lipinski definition) is 2. The van der Waals surface area contributed by atoms with Crippen LogP contribution in [0.25, 0.3) is 0 Å². The third-order valence-corrected chi connectivity index (χ3v) is 4.47. The van der Waals surface area contributed by atoms with E-state index in [1.165, 1.54) is 15.3 Å². The highest BCUT2D eigenvalue weighted by molar-refractivity contribution is 7.80. The molecule has 110 valence electrons. The van der Waals surface area contributed by atoms with Crippen molar-refractivity contribution in [1.82, 2.24) is 10.7 Å². The molecule has 0 bridgehead atoms. The summed E-state index contributed by atoms with van der Waals surface area (Å²) in [5.41, 5.74) is 5.03. The van der Waals surface area contributed by atoms with Crippen LogP contribution in [0.2, 0.25) is 0 Å². The minimum absolute atomic E-state index is 0.279. The van der Waals surface area contributed by atoms with E-state index in [4.69, 9.17) is 17.0 Å². The van der Waals surface area contributed by atoms with E-state index in [1.54, 1.807) is 11.3 Å². The average molecular weight is 311 g/mol. The van der Waals surface area contributed by atoms with E-state index in [1.807, 2.05) is 6.92 Å². The quantitative estimate of drug-likeness (QED) is 0.510. The lowest BCUT2D eigenvalue weighted by atomic mass is 10.2. The maximum absolute atomic E-state index is 5.53. The van der Waals surface area contributed by atoms with Gasteiger partial charge in [-0.05, 0) is 51.9 Å². The van der Waals surface area contributed by atoms with Gasteiger partial charge in [-0.2, -0.15) is 5.10 Å². The molecule has 1 saturated heterocycles. The smallest absolute Gasteiger partial charge is 0.187 e. The molecule has 2 N–H and O–H groups in total. The third kappa shape index (κ3) is 4.26. The van der Waals surface area contributed by atoms with Gasteiger partial charge in [-0.1, -0.05) is 0 Å². The lowest BCUT2D eigenvalue weighted by Gasteiger charge is -2.12. The molecule has 1 atom stereocenters. The van der Waals surface area contributed by atoms with Crippen LogP contribution in [-0.2, 0) is 4.74 Å². The number of thiocarbonyl (C=S) groups is 1. The summed E-state index contributed by atoms with van der Waals surface area (Å²) in [7, 11) is 0. The second-order valence-corrected chi connectivity index (χ2v) is 6.85. The first-order valence-corrected chi connectivity index (χ1v) is 8.06. The van der Waals surface area contributed by atoms with Gasteiger partial charge < -0.3 is 10.1 Å². The second-order valence-electron chi connectivity index (χ2n) is 4.98. The predicted molar refractivity (Wildman–Crippen MR) is 88.7 cm³/mol. The normalized spacial score (nSPS) is 19.1. The van der Waals surface area contributed by atoms with Gasteiger partial charge in [0.25, 0.3) is 0 Å². The number of thiophene rings is 1. The fraction of sp³-hybridized carbons (Fsp3) is 0.571. The highest BCUT2D eigenvalue weighted by Crippen LogP contribution is 2.21. The molecule has 0 spiro atoms. The Labute approximate surface area is 129 Å². The van der Waals surface area contributed by atoms with Crippen molar-refractivity contribution in [1.29, 1.82) is 0 Å². The van der Waals surface area contributed by atoms with Gasteiger partial charge in [-0.25, -0.2) is 0 Å². The molecule has 20 heavy (non-hydrogen) atoms. The maximum Gasteiger partial charge on any atom is 0.187 e. The summed E-state index contributed by atoms with van der Waals surface area (Å²) in [4.78, 5) is 2.58. The molecule has 0 amide bonds. The zero-order valence-corrected chi connectivity index (χ0v) is 13.8. The second kappa shape index (κ2) is 7.15. The molecule has 1 fully saturated rings. The Kier molecular flexibility index (Phi) is 5.51. The fourth-order valence-corrected chi connectivity index (χ4v) is 3.34. The number of hydrazone groups is 1. The van der Waals surface area contributed by atoms with Gasteiger partial charge in [0.05, 0.1) is 11.8 Å². The lowest BCUT2D eigenvalue weighted by Crippen LogP contribution is -2.37. The maximum atomic E-state index is 5.53. The molecule has 1 aromatic rings. The molecule has 1 aromatic heterocycles. The Balaban J connectivity index is 1.81. The van der Waals surface area contributed by atoms with Crippen molar-refractivity contribution in [3.8, 4) is 0 Å². The number of rotatable bonds is 4. The summed E-state index contributed by atoms with van der Waals surface area (Å²) < 4.78 is 5.53. The van der Waals surface area contributed by atoms with Gasteiger partial charge in [-0.3, -0.25) is 5.43 Å². The number of nitrogens with one attached hydrogen (secondary N) is 2. The molecule has 0 unspecified atom stereocenters. The van der Waals surface area contributed by atoms with Crippen LogP contribution in [-0.4, -0.2) is 30.1 Å². The van der Waals surface area contributed by atoms with Crippen LogP contribution in [0.15, 0.2) is 11.2 Å². The van der Waals surface area contributed by atoms with Crippen LogP contribution < -0.4 is 10.7 Å². The zero-order valence-electron chi connectivity index (χ0n) is 12.2. The topological polar surface area (TPSA) is 45.7 Å². The standard InChI is InChI=1S/C14H21N3OS2/c1-9-7-13(11(3)20-9)10(2)16-17-14(19)15-8-12-5-4-6-18-12/h7,12H,4-6,8H2,1-3H3,(H2,15,17,19)/b16-10-/t12-/m1/s1. The van der Waals surface area contributed by atoms with Crippen molar-refractivity contribution in [2.45, 2.75) is 39.7 Å². The Bertz CT molecular complexity index is 505. The first-order chi connectivity index (χ1) is 9.56. The van der Waals surface area contributed by atoms with E-state index in [-0.39, 0.29) is 6.10 Å². The monoisotopic (exact) mass is 311 g/mol. The average Bonchev–Trinajstić information content (AvgIpc) is 3.03. The minimum Gasteiger partial charge on any atom is -0.376 e. The van der Waals surface area contributed by atoms with Crippen LogP contribution in [0.1, 0.15) is 35.1 Å². The largest absolute Gasteiger partial charge is 0.376 e. The van der Waals surface area contributed by atoms with Gasteiger partial charge in [0, 0.05) is 28.5 Å². The molecule has 1 aliphatic rings. The molecule has 6 heteroatoms. The summed E-state index contributed by atoms with van der Waals surface area (Å²) >= 11 is 7.00. The third-order valence-electron chi connectivity index (χ3n) is 3.27. The number of ether oxygens (including phenoxy) is 1. The van der Waals surface area contributed by atoms with E-state index in [9.17, 15) is 0 Å². The van der Waals surface area contributed by atoms with Crippen molar-refractivity contribution in [2.24, 2.45) is 5.10 Å². The summed E-state index contributed by atoms with van der Waals surface area (Å²) in [6.07, 6.45) is 2.52. The minimum atomic E-state index is 0.279. The van der Waals surface area contributed by atoms with Crippen molar-refractivity contribution in [3.05, 3.63) is 21.4 Å². The van der Waals surface area contributed by atoms with Gasteiger partial charge in [0.15, 0.2) is 5.11 Å². The fourth-order valence-electron chi connectivity index (χ4n) is 2.24. The molecular weight excluding hydrogens is 290 g/mol. The zero-order chi connectivity index (χ0) is 14.5. The SMILES string of the molecule is C/C(=N/NC(=S)NC[C@H]1CCCO1)c1cc(C)sc1C. The molecule has 2 rings (SSSR count). The molecule has 0 radical (unpaired) electrons. The van der Waals surface area contributed by atoms with Crippen molar-refractivity contribution in [2.75, 3.05) is 13.2 Å². The summed E-state index contributed by atoms with van der Waals surface area (Å²) in [5.74, 6) is 0. The first-order valence-electron chi connectivity index (χ1n) is 6.83. The van der Waals surface area contributed by atoms with Gasteiger partial charge in [-0.15, -0.1) is 11.3 Å². The van der Waals surface area contributed by atoms with Crippen molar-refractivity contribution < 1.29 is 4.74 Å². The molecule has 0 saturated carbocycles. The molecule has 4 nitrogen and oxygen atoms in total. The van der Waals surface area contributed by atoms with Crippen LogP contribution in [0.3, 0.4) is 0 Å². The number of hydrogen-bond acceptors (Lipinski definition) is 4. The van der Waals surface area contributed by atoms with Crippen LogP contribution in [0.4, 0.5) is 0 Å². The number of nitrogens with zero attached hydrogens (tertiary/aromatic N) is 1. The number of aryl methyl sites for hydroxylation is 2. The van der Waals surface area contributed by atoms with Crippen molar-refractivity contribution in [3.63, 3.8) is 0 Å². The van der Waals surface area contributed by atoms with Crippen LogP contribution in [0.5, 0.6) is 0 Å². The molecule has 1 aliphatic heterocycles. The first kappa shape index (κ1) is 15.4. The summed E-state index contributed by atoms with van der Waals surface area (Å²) in [6.45, 7) is 7.82. The van der Waals surface area contributed by atoms with Gasteiger partial charge in [0.1, 0.15) is 0 Å². The van der Waals surface area contributed by atoms with Crippen LogP contribution in [0, 0.1) is 13.8 Å². The lowest BCUT2D eigenvalue weighted by molar-refractivity contribution is 0.114. The Morgan fingerprint density at radius 3 is 2.95 bits per heavy atom. The summed E-state index contributed by atoms with van der Waals surface area (Å²) in [6, 6.07) is 2.16. The van der Waals surface area contributed by atoms with E-state index in [0.717, 1.165) is 31.7 Å². The Morgan fingerprint density at radius 1 is 1.55 bits per heavy atom. The van der Waals surface area contributed by atoms with Crippen LogP contribution >= 0.6 is 23.6 Å². The molecule has 0 aliphatic carbocycles. The highest BCUT2D eigenvalue weighted by Gasteiger charge is 2.15. The summed E-state index contributed by atoms with van der Waals surface area (Å²) in [5, 5.41) is 8.03.